The second-order valence-electron chi connectivity index (χ2n) is 5.79. The molecule has 1 fully saturated rings. The highest BCUT2D eigenvalue weighted by Gasteiger charge is 2.15. The molecule has 0 bridgehead atoms. The number of aromatic nitrogens is 1. The molecule has 1 N–H and O–H groups in total. The minimum Gasteiger partial charge on any atom is -0.378 e. The molecule has 1 atom stereocenters. The Labute approximate surface area is 131 Å². The first-order valence-electron chi connectivity index (χ1n) is 7.63. The van der Waals surface area contributed by atoms with Crippen molar-refractivity contribution in [2.75, 3.05) is 13.2 Å². The number of rotatable bonds is 5. The van der Waals surface area contributed by atoms with E-state index >= 15 is 0 Å². The Balaban J connectivity index is 1.87. The molecule has 0 aliphatic carbocycles. The lowest BCUT2D eigenvalue weighted by Crippen LogP contribution is -2.29. The van der Waals surface area contributed by atoms with Gasteiger partial charge in [-0.15, -0.1) is 0 Å². The zero-order chi connectivity index (χ0) is 15.2. The second kappa shape index (κ2) is 7.76. The van der Waals surface area contributed by atoms with Gasteiger partial charge in [-0.1, -0.05) is 25.4 Å². The third-order valence-corrected chi connectivity index (χ3v) is 3.89. The molecular formula is C16H23ClN2O2. The fraction of sp³-hybridized carbons (Fsp3) is 0.625. The van der Waals surface area contributed by atoms with E-state index < -0.39 is 0 Å². The van der Waals surface area contributed by atoms with E-state index in [0.717, 1.165) is 31.6 Å². The van der Waals surface area contributed by atoms with Crippen molar-refractivity contribution in [3.05, 3.63) is 28.5 Å². The van der Waals surface area contributed by atoms with Gasteiger partial charge in [0.05, 0.1) is 6.10 Å². The summed E-state index contributed by atoms with van der Waals surface area (Å²) in [5.74, 6) is 0.142. The minimum atomic E-state index is -0.1000. The summed E-state index contributed by atoms with van der Waals surface area (Å²) in [6, 6.07) is 3.42. The van der Waals surface area contributed by atoms with Gasteiger partial charge in [-0.3, -0.25) is 4.79 Å². The Morgan fingerprint density at radius 3 is 2.95 bits per heavy atom. The first-order valence-corrected chi connectivity index (χ1v) is 8.01. The molecule has 1 aromatic rings. The molecule has 1 aliphatic rings. The van der Waals surface area contributed by atoms with Crippen LogP contribution in [-0.2, 0) is 4.74 Å². The van der Waals surface area contributed by atoms with Crippen molar-refractivity contribution in [1.82, 2.24) is 10.3 Å². The molecule has 0 spiro atoms. The zero-order valence-corrected chi connectivity index (χ0v) is 13.4. The maximum absolute atomic E-state index is 12.2. The van der Waals surface area contributed by atoms with Gasteiger partial charge in [0, 0.05) is 24.4 Å². The monoisotopic (exact) mass is 310 g/mol. The van der Waals surface area contributed by atoms with E-state index in [4.69, 9.17) is 16.3 Å². The molecule has 4 nitrogen and oxygen atoms in total. The SMILES string of the molecule is CC(C)c1cc(C(=O)NCCC2CCCCO2)cc(Cl)n1. The maximum Gasteiger partial charge on any atom is 0.251 e. The molecule has 21 heavy (non-hydrogen) atoms. The minimum absolute atomic E-state index is 0.1000. The Bertz CT molecular complexity index is 485. The summed E-state index contributed by atoms with van der Waals surface area (Å²) < 4.78 is 5.65. The van der Waals surface area contributed by atoms with E-state index in [1.807, 2.05) is 19.9 Å². The number of hydrogen-bond donors (Lipinski definition) is 1. The van der Waals surface area contributed by atoms with Crippen LogP contribution in [0.5, 0.6) is 0 Å². The molecule has 1 amide bonds. The van der Waals surface area contributed by atoms with Crippen LogP contribution in [0.25, 0.3) is 0 Å². The van der Waals surface area contributed by atoms with Crippen molar-refractivity contribution >= 4 is 17.5 Å². The molecule has 2 rings (SSSR count). The van der Waals surface area contributed by atoms with E-state index in [0.29, 0.717) is 17.3 Å². The number of nitrogens with one attached hydrogen (secondary N) is 1. The molecule has 1 aromatic heterocycles. The molecule has 0 aromatic carbocycles. The van der Waals surface area contributed by atoms with Crippen molar-refractivity contribution in [3.63, 3.8) is 0 Å². The number of ether oxygens (including phenoxy) is 1. The van der Waals surface area contributed by atoms with Crippen molar-refractivity contribution in [2.45, 2.75) is 51.6 Å². The number of nitrogens with zero attached hydrogens (tertiary/aromatic N) is 1. The van der Waals surface area contributed by atoms with E-state index in [9.17, 15) is 4.79 Å². The second-order valence-corrected chi connectivity index (χ2v) is 6.18. The van der Waals surface area contributed by atoms with Gasteiger partial charge >= 0.3 is 0 Å². The van der Waals surface area contributed by atoms with Crippen molar-refractivity contribution in [1.29, 1.82) is 0 Å². The molecular weight excluding hydrogens is 288 g/mol. The molecule has 2 heterocycles. The van der Waals surface area contributed by atoms with Gasteiger partial charge in [0.2, 0.25) is 0 Å². The maximum atomic E-state index is 12.2. The van der Waals surface area contributed by atoms with E-state index in [2.05, 4.69) is 10.3 Å². The number of halogens is 1. The number of carbonyl (C=O) groups is 1. The Hall–Kier alpha value is -1.13. The third kappa shape index (κ3) is 4.97. The van der Waals surface area contributed by atoms with Gasteiger partial charge in [-0.25, -0.2) is 4.98 Å². The van der Waals surface area contributed by atoms with Gasteiger partial charge in [-0.05, 0) is 43.7 Å². The predicted octanol–water partition coefficient (Wildman–Crippen LogP) is 3.55. The van der Waals surface area contributed by atoms with Crippen LogP contribution in [0.1, 0.15) is 61.5 Å². The normalized spacial score (nSPS) is 18.8. The number of carbonyl (C=O) groups excluding carboxylic acids is 1. The fourth-order valence-electron chi connectivity index (χ4n) is 2.43. The highest BCUT2D eigenvalue weighted by Crippen LogP contribution is 2.18. The Morgan fingerprint density at radius 2 is 2.29 bits per heavy atom. The summed E-state index contributed by atoms with van der Waals surface area (Å²) in [5.41, 5.74) is 1.41. The van der Waals surface area contributed by atoms with Crippen LogP contribution in [0.2, 0.25) is 5.15 Å². The van der Waals surface area contributed by atoms with Crippen molar-refractivity contribution in [2.24, 2.45) is 0 Å². The lowest BCUT2D eigenvalue weighted by molar-refractivity contribution is 0.0117. The van der Waals surface area contributed by atoms with Crippen LogP contribution in [0.15, 0.2) is 12.1 Å². The quantitative estimate of drug-likeness (QED) is 0.846. The number of pyridine rings is 1. The lowest BCUT2D eigenvalue weighted by Gasteiger charge is -2.22. The molecule has 116 valence electrons. The first kappa shape index (κ1) is 16.2. The topological polar surface area (TPSA) is 51.2 Å². The first-order chi connectivity index (χ1) is 10.1. The highest BCUT2D eigenvalue weighted by molar-refractivity contribution is 6.29. The van der Waals surface area contributed by atoms with Gasteiger partial charge in [-0.2, -0.15) is 0 Å². The van der Waals surface area contributed by atoms with Crippen LogP contribution in [0, 0.1) is 0 Å². The summed E-state index contributed by atoms with van der Waals surface area (Å²) in [5, 5.41) is 3.30. The molecule has 5 heteroatoms. The van der Waals surface area contributed by atoms with E-state index in [-0.39, 0.29) is 17.9 Å². The van der Waals surface area contributed by atoms with Gasteiger partial charge < -0.3 is 10.1 Å². The smallest absolute Gasteiger partial charge is 0.251 e. The predicted molar refractivity (Wildman–Crippen MR) is 83.9 cm³/mol. The average molecular weight is 311 g/mol. The van der Waals surface area contributed by atoms with Crippen LogP contribution >= 0.6 is 11.6 Å². The van der Waals surface area contributed by atoms with Crippen molar-refractivity contribution in [3.8, 4) is 0 Å². The van der Waals surface area contributed by atoms with Gasteiger partial charge in [0.25, 0.3) is 5.91 Å². The molecule has 1 unspecified atom stereocenters. The van der Waals surface area contributed by atoms with E-state index in [1.165, 1.54) is 6.42 Å². The third-order valence-electron chi connectivity index (χ3n) is 3.69. The fourth-order valence-corrected chi connectivity index (χ4v) is 2.64. The summed E-state index contributed by atoms with van der Waals surface area (Å²) in [7, 11) is 0. The van der Waals surface area contributed by atoms with Crippen LogP contribution in [0.3, 0.4) is 0 Å². The number of hydrogen-bond acceptors (Lipinski definition) is 3. The summed E-state index contributed by atoms with van der Waals surface area (Å²) in [6.45, 7) is 5.53. The zero-order valence-electron chi connectivity index (χ0n) is 12.7. The average Bonchev–Trinajstić information content (AvgIpc) is 2.47. The Kier molecular flexibility index (Phi) is 6.00. The molecule has 1 aliphatic heterocycles. The summed E-state index contributed by atoms with van der Waals surface area (Å²) in [6.07, 6.45) is 4.61. The number of amides is 1. The van der Waals surface area contributed by atoms with Gasteiger partial charge in [0.15, 0.2) is 0 Å². The van der Waals surface area contributed by atoms with Crippen LogP contribution in [0.4, 0.5) is 0 Å². The summed E-state index contributed by atoms with van der Waals surface area (Å²) in [4.78, 5) is 16.4. The van der Waals surface area contributed by atoms with Gasteiger partial charge in [0.1, 0.15) is 5.15 Å². The van der Waals surface area contributed by atoms with Crippen molar-refractivity contribution < 1.29 is 9.53 Å². The van der Waals surface area contributed by atoms with Crippen LogP contribution in [-0.4, -0.2) is 30.1 Å². The highest BCUT2D eigenvalue weighted by atomic mass is 35.5. The Morgan fingerprint density at radius 1 is 1.48 bits per heavy atom. The van der Waals surface area contributed by atoms with E-state index in [1.54, 1.807) is 6.07 Å². The summed E-state index contributed by atoms with van der Waals surface area (Å²) >= 11 is 5.98. The molecule has 1 saturated heterocycles. The lowest BCUT2D eigenvalue weighted by atomic mass is 10.1. The van der Waals surface area contributed by atoms with Crippen LogP contribution < -0.4 is 5.32 Å². The molecule has 0 saturated carbocycles. The largest absolute Gasteiger partial charge is 0.378 e. The molecule has 0 radical (unpaired) electrons. The standard InChI is InChI=1S/C16H23ClN2O2/c1-11(2)14-9-12(10-15(17)19-14)16(20)18-7-6-13-5-3-4-8-21-13/h9-11,13H,3-8H2,1-2H3,(H,18,20).